The predicted molar refractivity (Wildman–Crippen MR) is 18.0 cm³/mol. The average Bonchev–Trinajstić information content (AvgIpc) is 1.41. The van der Waals surface area contributed by atoms with Crippen LogP contribution in [-0.4, -0.2) is 0 Å². The van der Waals surface area contributed by atoms with E-state index in [1.807, 2.05) is 0 Å². The summed E-state index contributed by atoms with van der Waals surface area (Å²) >= 11 is 0. The Bertz CT molecular complexity index is 91.2. The van der Waals surface area contributed by atoms with Crippen LogP contribution in [0.5, 0.6) is 0 Å². The molecule has 1 N–H and O–H groups in total. The van der Waals surface area contributed by atoms with Gasteiger partial charge in [0.1, 0.15) is 0 Å². The maximum absolute atomic E-state index is 9.13. The second kappa shape index (κ2) is 3.93. The van der Waals surface area contributed by atoms with Crippen LogP contribution < -0.4 is 5.48 Å². The van der Waals surface area contributed by atoms with Crippen LogP contribution in [0.2, 0.25) is 0 Å². The van der Waals surface area contributed by atoms with Crippen molar-refractivity contribution in [3.63, 3.8) is 0 Å². The van der Waals surface area contributed by atoms with Crippen LogP contribution in [-0.2, 0) is 4.57 Å². The number of nitrogens with one attached hydrogen (secondary N) is 1. The van der Waals surface area contributed by atoms with Crippen LogP contribution in [0.3, 0.4) is 0 Å². The van der Waals surface area contributed by atoms with Crippen molar-refractivity contribution < 1.29 is 4.57 Å². The molecule has 0 spiro atoms. The van der Waals surface area contributed by atoms with E-state index in [9.17, 15) is 0 Å². The first-order valence-electron chi connectivity index (χ1n) is 0.860. The summed E-state index contributed by atoms with van der Waals surface area (Å²) in [6.07, 6.45) is 0. The Kier molecular flexibility index (Phi) is 3.87. The molecule has 0 radical (unpaired) electrons. The quantitative estimate of drug-likeness (QED) is 0.264. The van der Waals surface area contributed by atoms with E-state index >= 15 is 0 Å². The fraction of sp³-hybridized carbons (Fsp3) is 0. The van der Waals surface area contributed by atoms with Gasteiger partial charge in [0.2, 0.25) is 0 Å². The molecule has 28 valence electrons. The van der Waals surface area contributed by atoms with Crippen LogP contribution in [0, 0.1) is 11.0 Å². The molecule has 0 amide bonds. The number of hydroxylamine groups is 1. The van der Waals surface area contributed by atoms with Gasteiger partial charge < -0.3 is 0 Å². The van der Waals surface area contributed by atoms with Gasteiger partial charge in [0.05, 0.1) is 0 Å². The Morgan fingerprint density at radius 2 is 2.60 bits per heavy atom. The second-order valence-electron chi connectivity index (χ2n) is 0.305. The first kappa shape index (κ1) is 4.93. The summed E-state index contributed by atoms with van der Waals surface area (Å²) in [6.45, 7) is 0. The third kappa shape index (κ3) is 3.93. The average molecular weight is 90.0 g/mol. The molecule has 5 heavy (non-hydrogen) atoms. The van der Waals surface area contributed by atoms with Crippen LogP contribution in [0.15, 0.2) is 0 Å². The van der Waals surface area contributed by atoms with E-state index in [4.69, 9.17) is 9.77 Å². The molecule has 0 saturated heterocycles. The Morgan fingerprint density at radius 1 is 2.00 bits per heavy atom. The number of rotatable bonds is 0. The Balaban J connectivity index is 3.17. The molecule has 4 heteroatoms. The third-order valence-electron chi connectivity index (χ3n) is 0.0913. The van der Waals surface area contributed by atoms with E-state index in [0.717, 1.165) is 0 Å². The van der Waals surface area contributed by atoms with Crippen LogP contribution >= 0.6 is 7.92 Å². The molecule has 0 aromatic heterocycles. The molecule has 0 fully saturated rings. The molecule has 0 aliphatic heterocycles. The molecule has 0 saturated carbocycles. The molecule has 0 atom stereocenters. The summed E-state index contributed by atoms with van der Waals surface area (Å²) < 4.78 is 9.13. The summed E-state index contributed by atoms with van der Waals surface area (Å²) in [5, 5.41) is 8.96. The zero-order valence-corrected chi connectivity index (χ0v) is 3.16. The van der Waals surface area contributed by atoms with Crippen LogP contribution in [0.1, 0.15) is 0 Å². The first-order valence-corrected chi connectivity index (χ1v) is 1.67. The topological polar surface area (TPSA) is 52.2 Å². The van der Waals surface area contributed by atoms with E-state index < -0.39 is 7.92 Å². The van der Waals surface area contributed by atoms with Gasteiger partial charge in [0, 0.05) is 0 Å². The van der Waals surface area contributed by atoms with Crippen LogP contribution in [0.25, 0.3) is 0 Å². The van der Waals surface area contributed by atoms with Gasteiger partial charge in [-0.2, -0.15) is 0 Å². The molecule has 0 bridgehead atoms. The van der Waals surface area contributed by atoms with E-state index in [-0.39, 0.29) is 0 Å². The Labute approximate surface area is 30.1 Å². The molecular formula is CHNO2P-. The van der Waals surface area contributed by atoms with Gasteiger partial charge in [-0.3, -0.25) is 0 Å². The third-order valence-corrected chi connectivity index (χ3v) is 0.274. The van der Waals surface area contributed by atoms with Crippen molar-refractivity contribution in [2.45, 2.75) is 0 Å². The summed E-state index contributed by atoms with van der Waals surface area (Å²) in [5.74, 6) is 1.72. The molecule has 0 unspecified atom stereocenters. The van der Waals surface area contributed by atoms with Crippen molar-refractivity contribution in [3.05, 3.63) is 5.21 Å². The maximum atomic E-state index is 9.13. The molecule has 0 heterocycles. The number of hydrogen-bond donors (Lipinski definition) is 1. The predicted octanol–water partition coefficient (Wildman–Crippen LogP) is 0.282. The fourth-order valence-electron chi connectivity index (χ4n) is 0.0186. The Hall–Kier alpha value is -0.0700. The summed E-state index contributed by atoms with van der Waals surface area (Å²) in [7, 11) is -0.394. The summed E-state index contributed by atoms with van der Waals surface area (Å²) in [4.78, 5) is 0. The van der Waals surface area contributed by atoms with Gasteiger partial charge in [-0.25, -0.2) is 0 Å². The van der Waals surface area contributed by atoms with Crippen molar-refractivity contribution in [1.82, 2.24) is 5.48 Å². The van der Waals surface area contributed by atoms with E-state index in [2.05, 4.69) is 0 Å². The van der Waals surface area contributed by atoms with Crippen molar-refractivity contribution >= 4 is 7.92 Å². The van der Waals surface area contributed by atoms with Crippen molar-refractivity contribution in [2.75, 3.05) is 0 Å². The van der Waals surface area contributed by atoms with Gasteiger partial charge in [0.15, 0.2) is 0 Å². The molecule has 0 aromatic carbocycles. The SMILES string of the molecule is O=P#CN[O-]. The van der Waals surface area contributed by atoms with Gasteiger partial charge in [0.25, 0.3) is 0 Å². The zero-order chi connectivity index (χ0) is 4.12. The fourth-order valence-corrected chi connectivity index (χ4v) is 0.0559. The molecule has 0 aromatic rings. The molecule has 3 nitrogen and oxygen atoms in total. The van der Waals surface area contributed by atoms with Crippen molar-refractivity contribution in [3.8, 4) is 5.75 Å². The number of hydrogen-bond acceptors (Lipinski definition) is 3. The summed E-state index contributed by atoms with van der Waals surface area (Å²) in [6, 6.07) is 0. The van der Waals surface area contributed by atoms with E-state index in [1.165, 1.54) is 5.48 Å². The normalized spacial score (nSPS) is 5.80. The van der Waals surface area contributed by atoms with Crippen LogP contribution in [0.4, 0.5) is 0 Å². The van der Waals surface area contributed by atoms with E-state index in [0.29, 0.717) is 0 Å². The molecule has 0 rings (SSSR count). The second-order valence-corrected chi connectivity index (χ2v) is 0.711. The monoisotopic (exact) mass is 90.0 g/mol. The van der Waals surface area contributed by atoms with Gasteiger partial charge in [-0.15, -0.1) is 0 Å². The molecular weight excluding hydrogens is 89.0 g/mol. The zero-order valence-electron chi connectivity index (χ0n) is 2.26. The van der Waals surface area contributed by atoms with Gasteiger partial charge in [-0.1, -0.05) is 0 Å². The van der Waals surface area contributed by atoms with Gasteiger partial charge >= 0.3 is 28.9 Å². The van der Waals surface area contributed by atoms with Gasteiger partial charge in [-0.05, 0) is 0 Å². The standard InChI is InChI=1S/CHNO2P/c3-2-1-5-4/h2H/q-1. The minimum atomic E-state index is -0.394. The van der Waals surface area contributed by atoms with Crippen molar-refractivity contribution in [2.24, 2.45) is 0 Å². The summed E-state index contributed by atoms with van der Waals surface area (Å²) in [5.41, 5.74) is 1.19. The Morgan fingerprint density at radius 3 is 2.60 bits per heavy atom. The molecule has 0 aliphatic carbocycles. The minimum absolute atomic E-state index is 0.394. The van der Waals surface area contributed by atoms with Crippen molar-refractivity contribution in [1.29, 1.82) is 0 Å². The first-order chi connectivity index (χ1) is 2.41. The van der Waals surface area contributed by atoms with E-state index in [1.54, 1.807) is 5.75 Å². The molecule has 0 aliphatic rings.